The summed E-state index contributed by atoms with van der Waals surface area (Å²) in [5, 5.41) is 35.7. The van der Waals surface area contributed by atoms with Crippen molar-refractivity contribution in [3.05, 3.63) is 53.9 Å². The number of amides is 1. The standard InChI is InChI=1S/C52H79N5O12/c1-31-16-12-11-13-17-32(2)43(65-8)28-39-21-19-37(7)52(64,69-39)49(61)50(62)56-23-15-14-18-41(56)51(63)68-44(34(4)26-38-20-22-40(45(27-38)66-9)57-54-30-53-55-57)29-42(58)33(3)25-36(6)47(60)48(67-10)46(59)35(5)24-31/h11-13,16-17,25,30-31,33-35,37-41,43-45,47-48,60,64H,14-15,18-24,26-29H2,1-10H3/b13-11+,16-12+,32-17+,36-25+/t31-,33-,34-,35?,37?,38?,39+,40?,41?,43+,44+,45?,47-,48?,52?/m1/s1. The number of aromatic nitrogens is 4. The molecule has 2 saturated heterocycles. The van der Waals surface area contributed by atoms with E-state index in [4.69, 9.17) is 23.7 Å². The molecule has 4 heterocycles. The number of rotatable bonds is 7. The second-order valence-electron chi connectivity index (χ2n) is 20.3. The average Bonchev–Trinajstić information content (AvgIpc) is 3.88. The molecule has 17 nitrogen and oxygen atoms in total. The van der Waals surface area contributed by atoms with Gasteiger partial charge in [-0.05, 0) is 112 Å². The summed E-state index contributed by atoms with van der Waals surface area (Å²) in [6, 6.07) is -1.24. The molecule has 1 saturated carbocycles. The van der Waals surface area contributed by atoms with Gasteiger partial charge in [0, 0.05) is 58.5 Å². The van der Waals surface area contributed by atoms with Crippen molar-refractivity contribution in [3.63, 3.8) is 0 Å². The first-order chi connectivity index (χ1) is 32.8. The summed E-state index contributed by atoms with van der Waals surface area (Å²) < 4.78 is 29.9. The van der Waals surface area contributed by atoms with E-state index in [0.29, 0.717) is 56.9 Å². The molecule has 2 bridgehead atoms. The molecule has 3 fully saturated rings. The zero-order valence-electron chi connectivity index (χ0n) is 42.5. The lowest BCUT2D eigenvalue weighted by Gasteiger charge is -2.42. The fraction of sp³-hybridized carbons (Fsp3) is 0.731. The number of allylic oxidation sites excluding steroid dienone is 6. The third kappa shape index (κ3) is 14.2. The number of hydrogen-bond donors (Lipinski definition) is 2. The number of methoxy groups -OCH3 is 3. The summed E-state index contributed by atoms with van der Waals surface area (Å²) in [5.74, 6) is -7.94. The largest absolute Gasteiger partial charge is 0.460 e. The molecular formula is C52H79N5O12. The van der Waals surface area contributed by atoms with Crippen LogP contribution in [0, 0.1) is 35.5 Å². The van der Waals surface area contributed by atoms with Crippen LogP contribution in [-0.2, 0) is 47.7 Å². The molecule has 5 rings (SSSR count). The highest BCUT2D eigenvalue weighted by Crippen LogP contribution is 2.39. The fourth-order valence-corrected chi connectivity index (χ4v) is 10.7. The summed E-state index contributed by atoms with van der Waals surface area (Å²) in [6.07, 6.45) is 13.7. The van der Waals surface area contributed by atoms with E-state index < -0.39 is 77.8 Å². The minimum atomic E-state index is -2.43. The molecular weight excluding hydrogens is 887 g/mol. The number of Topliss-reactive ketones (excluding diaryl/α,β-unsaturated/α-hetero) is 3. The molecule has 1 aromatic rings. The van der Waals surface area contributed by atoms with E-state index in [9.17, 15) is 34.2 Å². The molecule has 3 aliphatic heterocycles. The minimum Gasteiger partial charge on any atom is -0.460 e. The number of aliphatic hydroxyl groups is 2. The van der Waals surface area contributed by atoms with Crippen LogP contribution in [0.4, 0.5) is 0 Å². The Bertz CT molecular complexity index is 2020. The summed E-state index contributed by atoms with van der Waals surface area (Å²) in [6.45, 7) is 12.8. The molecule has 17 heteroatoms. The predicted octanol–water partition coefficient (Wildman–Crippen LogP) is 6.05. The maximum Gasteiger partial charge on any atom is 0.329 e. The average molecular weight is 966 g/mol. The third-order valence-electron chi connectivity index (χ3n) is 15.1. The highest BCUT2D eigenvalue weighted by Gasteiger charge is 2.53. The third-order valence-corrected chi connectivity index (χ3v) is 15.1. The Morgan fingerprint density at radius 3 is 2.32 bits per heavy atom. The molecule has 1 aromatic heterocycles. The van der Waals surface area contributed by atoms with Gasteiger partial charge in [-0.15, -0.1) is 10.2 Å². The van der Waals surface area contributed by atoms with Crippen molar-refractivity contribution >= 4 is 29.2 Å². The molecule has 69 heavy (non-hydrogen) atoms. The molecule has 384 valence electrons. The number of fused-ring (bicyclic) bond motifs is 3. The number of carbonyl (C=O) groups excluding carboxylic acids is 5. The zero-order valence-corrected chi connectivity index (χ0v) is 42.5. The molecule has 0 radical (unpaired) electrons. The predicted molar refractivity (Wildman–Crippen MR) is 256 cm³/mol. The van der Waals surface area contributed by atoms with E-state index in [2.05, 4.69) is 15.4 Å². The number of cyclic esters (lactones) is 1. The maximum absolute atomic E-state index is 14.5. The number of hydrogen-bond acceptors (Lipinski definition) is 15. The normalized spacial score (nSPS) is 38.8. The Morgan fingerprint density at radius 2 is 1.64 bits per heavy atom. The van der Waals surface area contributed by atoms with Crippen molar-refractivity contribution < 1.29 is 57.9 Å². The van der Waals surface area contributed by atoms with Crippen molar-refractivity contribution in [3.8, 4) is 0 Å². The Hall–Kier alpha value is -4.26. The SMILES string of the molecule is COC1CC(C[C@@H](C)[C@@H]2CC(=O)[C@H](C)/C=C(\C)[C@@H](O)C(OC)C(=O)C(C)C[C@H](C)/C=C/C=C/C=C(\C)[C@@H](OC)C[C@@H]3CCC(C)C(O)(O3)C(=O)C(=O)N3CCCCC3C(=O)O2)CCC1n1ncnn1. The first kappa shape index (κ1) is 55.7. The number of nitrogens with zero attached hydrogens (tertiary/aromatic N) is 5. The van der Waals surface area contributed by atoms with Gasteiger partial charge in [-0.2, -0.15) is 4.80 Å². The second-order valence-corrected chi connectivity index (χ2v) is 20.3. The van der Waals surface area contributed by atoms with E-state index in [1.165, 1.54) is 18.3 Å². The van der Waals surface area contributed by atoms with Crippen LogP contribution >= 0.6 is 0 Å². The lowest BCUT2D eigenvalue weighted by molar-refractivity contribution is -0.265. The van der Waals surface area contributed by atoms with E-state index in [0.717, 1.165) is 18.4 Å². The lowest BCUT2D eigenvalue weighted by Crippen LogP contribution is -2.61. The number of aliphatic hydroxyl groups excluding tert-OH is 1. The van der Waals surface area contributed by atoms with Crippen LogP contribution in [0.15, 0.2) is 53.9 Å². The Labute approximate surface area is 408 Å². The smallest absolute Gasteiger partial charge is 0.329 e. The van der Waals surface area contributed by atoms with Gasteiger partial charge in [-0.3, -0.25) is 19.2 Å². The lowest BCUT2D eigenvalue weighted by atomic mass is 9.77. The van der Waals surface area contributed by atoms with Gasteiger partial charge in [-0.25, -0.2) is 4.79 Å². The number of ether oxygens (including phenoxy) is 5. The second kappa shape index (κ2) is 25.7. The van der Waals surface area contributed by atoms with Gasteiger partial charge in [0.15, 0.2) is 12.1 Å². The summed E-state index contributed by atoms with van der Waals surface area (Å²) >= 11 is 0. The van der Waals surface area contributed by atoms with Crippen LogP contribution < -0.4 is 0 Å². The van der Waals surface area contributed by atoms with Gasteiger partial charge in [-0.1, -0.05) is 71.1 Å². The number of tetrazole rings is 1. The maximum atomic E-state index is 14.5. The zero-order chi connectivity index (χ0) is 50.6. The van der Waals surface area contributed by atoms with Crippen molar-refractivity contribution in [2.24, 2.45) is 35.5 Å². The van der Waals surface area contributed by atoms with Crippen molar-refractivity contribution in [2.45, 2.75) is 180 Å². The van der Waals surface area contributed by atoms with E-state index >= 15 is 0 Å². The summed E-state index contributed by atoms with van der Waals surface area (Å²) in [5.41, 5.74) is 1.27. The Morgan fingerprint density at radius 1 is 0.884 bits per heavy atom. The highest BCUT2D eigenvalue weighted by molar-refractivity contribution is 6.39. The molecule has 1 amide bonds. The van der Waals surface area contributed by atoms with Gasteiger partial charge in [0.25, 0.3) is 11.7 Å². The first-order valence-electron chi connectivity index (χ1n) is 25.0. The molecule has 4 aliphatic rings. The van der Waals surface area contributed by atoms with Gasteiger partial charge in [0.2, 0.25) is 5.79 Å². The van der Waals surface area contributed by atoms with Gasteiger partial charge in [0.05, 0.1) is 24.4 Å². The highest BCUT2D eigenvalue weighted by atomic mass is 16.6. The van der Waals surface area contributed by atoms with Crippen LogP contribution in [0.5, 0.6) is 0 Å². The Balaban J connectivity index is 1.46. The molecule has 0 aromatic carbocycles. The Kier molecular flexibility index (Phi) is 20.8. The topological polar surface area (TPSA) is 219 Å². The van der Waals surface area contributed by atoms with Crippen molar-refractivity contribution in [2.75, 3.05) is 27.9 Å². The quantitative estimate of drug-likeness (QED) is 0.181. The van der Waals surface area contributed by atoms with Crippen molar-refractivity contribution in [1.82, 2.24) is 25.1 Å². The van der Waals surface area contributed by atoms with Gasteiger partial charge >= 0.3 is 5.97 Å². The number of carbonyl (C=O) groups is 5. The first-order valence-corrected chi connectivity index (χ1v) is 25.0. The van der Waals surface area contributed by atoms with Crippen LogP contribution in [0.3, 0.4) is 0 Å². The van der Waals surface area contributed by atoms with E-state index in [1.807, 2.05) is 58.1 Å². The monoisotopic (exact) mass is 966 g/mol. The molecule has 1 aliphatic carbocycles. The van der Waals surface area contributed by atoms with E-state index in [1.54, 1.807) is 45.9 Å². The number of piperidine rings is 1. The van der Waals surface area contributed by atoms with Gasteiger partial charge < -0.3 is 38.8 Å². The number of ketones is 3. The van der Waals surface area contributed by atoms with Crippen LogP contribution in [0.1, 0.15) is 132 Å². The minimum absolute atomic E-state index is 0.0168. The van der Waals surface area contributed by atoms with Crippen LogP contribution in [0.25, 0.3) is 0 Å². The molecule has 15 atom stereocenters. The molecule has 0 spiro atoms. The fourth-order valence-electron chi connectivity index (χ4n) is 10.7. The molecule has 8 unspecified atom stereocenters. The van der Waals surface area contributed by atoms with Crippen LogP contribution in [0.2, 0.25) is 0 Å². The number of esters is 1. The summed E-state index contributed by atoms with van der Waals surface area (Å²) in [7, 11) is 4.61. The van der Waals surface area contributed by atoms with Gasteiger partial charge in [0.1, 0.15) is 30.1 Å². The van der Waals surface area contributed by atoms with Crippen molar-refractivity contribution in [1.29, 1.82) is 0 Å². The van der Waals surface area contributed by atoms with E-state index in [-0.39, 0.29) is 60.9 Å². The van der Waals surface area contributed by atoms with Crippen LogP contribution in [-0.4, -0.2) is 141 Å². The summed E-state index contributed by atoms with van der Waals surface area (Å²) in [4.78, 5) is 73.9. The molecule has 2 N–H and O–H groups in total.